The van der Waals surface area contributed by atoms with Gasteiger partial charge in [-0.05, 0) is 67.8 Å². The third-order valence-corrected chi connectivity index (χ3v) is 6.19. The molecule has 10 nitrogen and oxygen atoms in total. The smallest absolute Gasteiger partial charge is 0.408 e. The molecule has 0 aromatic heterocycles. The van der Waals surface area contributed by atoms with Crippen molar-refractivity contribution >= 4 is 40.3 Å². The van der Waals surface area contributed by atoms with E-state index in [9.17, 15) is 24.3 Å². The van der Waals surface area contributed by atoms with E-state index in [1.165, 1.54) is 17.0 Å². The van der Waals surface area contributed by atoms with Crippen LogP contribution in [-0.4, -0.2) is 52.0 Å². The monoisotopic (exact) mass is 562 g/mol. The van der Waals surface area contributed by atoms with Crippen molar-refractivity contribution in [3.63, 3.8) is 0 Å². The van der Waals surface area contributed by atoms with Crippen molar-refractivity contribution in [2.24, 2.45) is 5.73 Å². The molecule has 0 saturated carbocycles. The molecule has 0 aliphatic heterocycles. The standard InChI is InChI=1S/C31H38N4O6/c1-5-6-16-35(29(39)25(19-26(32)37)34-30(40)41-31(2,3)4)27(22-12-9-13-24(36)18-22)28(38)33-23-15-14-20-10-7-8-11-21(20)17-23/h7-15,17-18,25,27,36H,5-6,16,19H2,1-4H3,(H2,32,37)(H,33,38)(H,34,40). The number of carbonyl (C=O) groups excluding carboxylic acids is 4. The van der Waals surface area contributed by atoms with Gasteiger partial charge in [-0.2, -0.15) is 0 Å². The molecule has 0 spiro atoms. The largest absolute Gasteiger partial charge is 0.508 e. The number of rotatable bonds is 11. The SMILES string of the molecule is CCCCN(C(=O)C(CC(N)=O)NC(=O)OC(C)(C)C)C(C(=O)Nc1ccc2ccccc2c1)c1cccc(O)c1. The quantitative estimate of drug-likeness (QED) is 0.268. The molecule has 10 heteroatoms. The number of alkyl carbamates (subject to hydrolysis) is 1. The van der Waals surface area contributed by atoms with Gasteiger partial charge in [-0.3, -0.25) is 14.4 Å². The highest BCUT2D eigenvalue weighted by molar-refractivity contribution is 6.01. The molecule has 2 atom stereocenters. The molecule has 0 aliphatic rings. The first-order valence-electron chi connectivity index (χ1n) is 13.5. The van der Waals surface area contributed by atoms with E-state index in [2.05, 4.69) is 10.6 Å². The lowest BCUT2D eigenvalue weighted by atomic mass is 10.0. The summed E-state index contributed by atoms with van der Waals surface area (Å²) in [5, 5.41) is 17.5. The summed E-state index contributed by atoms with van der Waals surface area (Å²) in [5.41, 5.74) is 5.45. The van der Waals surface area contributed by atoms with Crippen molar-refractivity contribution in [1.29, 1.82) is 0 Å². The maximum absolute atomic E-state index is 14.0. The van der Waals surface area contributed by atoms with Gasteiger partial charge in [0, 0.05) is 12.2 Å². The molecule has 3 rings (SSSR count). The van der Waals surface area contributed by atoms with Crippen LogP contribution in [0.4, 0.5) is 10.5 Å². The van der Waals surface area contributed by atoms with Crippen LogP contribution >= 0.6 is 0 Å². The molecule has 218 valence electrons. The van der Waals surface area contributed by atoms with E-state index < -0.39 is 47.9 Å². The normalized spacial score (nSPS) is 12.7. The van der Waals surface area contributed by atoms with Crippen molar-refractivity contribution in [3.8, 4) is 5.75 Å². The second-order valence-electron chi connectivity index (χ2n) is 10.8. The number of benzene rings is 3. The number of phenols is 1. The average Bonchev–Trinajstić information content (AvgIpc) is 2.88. The Labute approximate surface area is 239 Å². The molecule has 4 amide bonds. The van der Waals surface area contributed by atoms with Crippen LogP contribution in [0.5, 0.6) is 5.75 Å². The number of amides is 4. The fourth-order valence-electron chi connectivity index (χ4n) is 4.39. The minimum atomic E-state index is -1.38. The molecule has 0 radical (unpaired) electrons. The van der Waals surface area contributed by atoms with E-state index in [4.69, 9.17) is 10.5 Å². The molecule has 41 heavy (non-hydrogen) atoms. The van der Waals surface area contributed by atoms with Crippen LogP contribution in [0.1, 0.15) is 58.6 Å². The minimum Gasteiger partial charge on any atom is -0.508 e. The first-order chi connectivity index (χ1) is 19.4. The number of fused-ring (bicyclic) bond motifs is 1. The van der Waals surface area contributed by atoms with Gasteiger partial charge in [0.2, 0.25) is 11.8 Å². The van der Waals surface area contributed by atoms with E-state index in [0.29, 0.717) is 24.1 Å². The van der Waals surface area contributed by atoms with Crippen molar-refractivity contribution in [1.82, 2.24) is 10.2 Å². The van der Waals surface area contributed by atoms with E-state index in [0.717, 1.165) is 10.8 Å². The van der Waals surface area contributed by atoms with Gasteiger partial charge in [-0.15, -0.1) is 0 Å². The van der Waals surface area contributed by atoms with E-state index in [1.807, 2.05) is 43.3 Å². The third-order valence-electron chi connectivity index (χ3n) is 6.19. The Hall–Kier alpha value is -4.60. The van der Waals surface area contributed by atoms with E-state index in [-0.39, 0.29) is 12.3 Å². The number of carbonyl (C=O) groups is 4. The topological polar surface area (TPSA) is 151 Å². The van der Waals surface area contributed by atoms with Crippen molar-refractivity contribution in [2.75, 3.05) is 11.9 Å². The highest BCUT2D eigenvalue weighted by Crippen LogP contribution is 2.28. The lowest BCUT2D eigenvalue weighted by molar-refractivity contribution is -0.142. The minimum absolute atomic E-state index is 0.0885. The first-order valence-corrected chi connectivity index (χ1v) is 13.5. The van der Waals surface area contributed by atoms with Gasteiger partial charge in [0.05, 0.1) is 6.42 Å². The predicted octanol–water partition coefficient (Wildman–Crippen LogP) is 4.62. The Kier molecular flexibility index (Phi) is 10.3. The van der Waals surface area contributed by atoms with Crippen molar-refractivity contribution < 1.29 is 29.0 Å². The number of phenolic OH excluding ortho intramolecular Hbond substituents is 1. The zero-order valence-corrected chi connectivity index (χ0v) is 23.8. The number of nitrogens with two attached hydrogens (primary N) is 1. The molecular formula is C31H38N4O6. The highest BCUT2D eigenvalue weighted by Gasteiger charge is 2.37. The van der Waals surface area contributed by atoms with Gasteiger partial charge in [-0.1, -0.05) is 55.8 Å². The lowest BCUT2D eigenvalue weighted by Crippen LogP contribution is -2.53. The third kappa shape index (κ3) is 8.96. The van der Waals surface area contributed by atoms with Gasteiger partial charge in [0.1, 0.15) is 23.4 Å². The summed E-state index contributed by atoms with van der Waals surface area (Å²) in [5.74, 6) is -2.13. The van der Waals surface area contributed by atoms with Gasteiger partial charge in [-0.25, -0.2) is 4.79 Å². The summed E-state index contributed by atoms with van der Waals surface area (Å²) in [6.07, 6.45) is -0.176. The highest BCUT2D eigenvalue weighted by atomic mass is 16.6. The van der Waals surface area contributed by atoms with Crippen LogP contribution in [0.25, 0.3) is 10.8 Å². The average molecular weight is 563 g/mol. The predicted molar refractivity (Wildman–Crippen MR) is 157 cm³/mol. The second kappa shape index (κ2) is 13.6. The van der Waals surface area contributed by atoms with Crippen LogP contribution in [0.3, 0.4) is 0 Å². The molecule has 3 aromatic carbocycles. The number of anilines is 1. The summed E-state index contributed by atoms with van der Waals surface area (Å²) < 4.78 is 5.30. The second-order valence-corrected chi connectivity index (χ2v) is 10.8. The number of hydrogen-bond donors (Lipinski definition) is 4. The fraction of sp³-hybridized carbons (Fsp3) is 0.355. The zero-order valence-electron chi connectivity index (χ0n) is 23.8. The van der Waals surface area contributed by atoms with Crippen molar-refractivity contribution in [2.45, 2.75) is 64.6 Å². The maximum Gasteiger partial charge on any atom is 0.408 e. The van der Waals surface area contributed by atoms with E-state index in [1.54, 1.807) is 39.0 Å². The summed E-state index contributed by atoms with van der Waals surface area (Å²) in [6.45, 7) is 7.06. The number of hydrogen-bond acceptors (Lipinski definition) is 6. The molecule has 0 heterocycles. The Balaban J connectivity index is 2.02. The molecule has 5 N–H and O–H groups in total. The summed E-state index contributed by atoms with van der Waals surface area (Å²) in [4.78, 5) is 53.8. The molecule has 0 aliphatic carbocycles. The van der Waals surface area contributed by atoms with E-state index >= 15 is 0 Å². The van der Waals surface area contributed by atoms with Gasteiger partial charge in [0.15, 0.2) is 0 Å². The van der Waals surface area contributed by atoms with Gasteiger partial charge in [0.25, 0.3) is 5.91 Å². The Morgan fingerprint density at radius 3 is 2.32 bits per heavy atom. The number of nitrogens with one attached hydrogen (secondary N) is 2. The Bertz CT molecular complexity index is 1400. The Morgan fingerprint density at radius 1 is 0.976 bits per heavy atom. The van der Waals surface area contributed by atoms with Gasteiger partial charge >= 0.3 is 6.09 Å². The first kappa shape index (κ1) is 30.9. The summed E-state index contributed by atoms with van der Waals surface area (Å²) in [6, 6.07) is 16.6. The van der Waals surface area contributed by atoms with Crippen LogP contribution in [0.15, 0.2) is 66.7 Å². The molecule has 0 fully saturated rings. The van der Waals surface area contributed by atoms with Crippen molar-refractivity contribution in [3.05, 3.63) is 72.3 Å². The van der Waals surface area contributed by atoms with Gasteiger partial charge < -0.3 is 31.1 Å². The van der Waals surface area contributed by atoms with Crippen LogP contribution in [0, 0.1) is 0 Å². The van der Waals surface area contributed by atoms with Crippen LogP contribution < -0.4 is 16.4 Å². The van der Waals surface area contributed by atoms with Crippen LogP contribution in [0.2, 0.25) is 0 Å². The lowest BCUT2D eigenvalue weighted by Gasteiger charge is -2.34. The molecule has 3 aromatic rings. The fourth-order valence-corrected chi connectivity index (χ4v) is 4.39. The maximum atomic E-state index is 14.0. The number of nitrogens with zero attached hydrogens (tertiary/aromatic N) is 1. The number of unbranched alkanes of at least 4 members (excludes halogenated alkanes) is 1. The Morgan fingerprint density at radius 2 is 1.68 bits per heavy atom. The number of primary amides is 1. The molecule has 2 unspecified atom stereocenters. The molecular weight excluding hydrogens is 524 g/mol. The number of ether oxygens (including phenoxy) is 1. The summed E-state index contributed by atoms with van der Waals surface area (Å²) in [7, 11) is 0. The summed E-state index contributed by atoms with van der Waals surface area (Å²) >= 11 is 0. The zero-order chi connectivity index (χ0) is 30.2. The number of aromatic hydroxyl groups is 1. The van der Waals surface area contributed by atoms with Crippen LogP contribution in [-0.2, 0) is 19.1 Å². The molecule has 0 bridgehead atoms. The molecule has 0 saturated heterocycles.